The van der Waals surface area contributed by atoms with Gasteiger partial charge in [-0.05, 0) is 0 Å². The Labute approximate surface area is 131 Å². The largest absolute Gasteiger partial charge is 1.00 e. The number of ketones is 1. The SMILES string of the molecule is C[N+](C)(C)CCCO.O=C(CO)[C@@H](O)[C@H](O)[C@H](O)CO.[Cl-]. The van der Waals surface area contributed by atoms with E-state index in [1.165, 1.54) is 0 Å². The third-order valence-electron chi connectivity index (χ3n) is 2.38. The van der Waals surface area contributed by atoms with Gasteiger partial charge in [0.05, 0.1) is 34.3 Å². The first-order chi connectivity index (χ1) is 9.10. The van der Waals surface area contributed by atoms with Crippen LogP contribution in [-0.2, 0) is 4.79 Å². The number of carbonyl (C=O) groups is 1. The zero-order valence-electron chi connectivity index (χ0n) is 12.7. The topological polar surface area (TPSA) is 138 Å². The van der Waals surface area contributed by atoms with E-state index in [4.69, 9.17) is 30.6 Å². The second kappa shape index (κ2) is 13.4. The molecule has 0 heterocycles. The summed E-state index contributed by atoms with van der Waals surface area (Å²) < 4.78 is 0.945. The van der Waals surface area contributed by atoms with Crippen molar-refractivity contribution in [3.05, 3.63) is 0 Å². The summed E-state index contributed by atoms with van der Waals surface area (Å²) in [6.45, 7) is -0.320. The highest BCUT2D eigenvalue weighted by Crippen LogP contribution is 2.00. The second-order valence-electron chi connectivity index (χ2n) is 5.40. The van der Waals surface area contributed by atoms with E-state index in [2.05, 4.69) is 21.1 Å². The molecule has 130 valence electrons. The molecule has 0 aromatic heterocycles. The monoisotopic (exact) mass is 333 g/mol. The van der Waals surface area contributed by atoms with Crippen LogP contribution in [0.25, 0.3) is 0 Å². The molecule has 6 N–H and O–H groups in total. The van der Waals surface area contributed by atoms with Gasteiger partial charge in [0.1, 0.15) is 24.9 Å². The van der Waals surface area contributed by atoms with Gasteiger partial charge in [0, 0.05) is 13.0 Å². The van der Waals surface area contributed by atoms with Crippen LogP contribution in [0.5, 0.6) is 0 Å². The van der Waals surface area contributed by atoms with Crippen LogP contribution < -0.4 is 12.4 Å². The first-order valence-electron chi connectivity index (χ1n) is 6.30. The number of hydrogen-bond donors (Lipinski definition) is 6. The number of Topliss-reactive ketones (excluding diaryl/α,β-unsaturated/α-hetero) is 1. The highest BCUT2D eigenvalue weighted by atomic mass is 35.5. The second-order valence-corrected chi connectivity index (χ2v) is 5.40. The quantitative estimate of drug-likeness (QED) is 0.243. The summed E-state index contributed by atoms with van der Waals surface area (Å²) in [5.41, 5.74) is 0. The molecule has 0 aromatic carbocycles. The molecular weight excluding hydrogens is 306 g/mol. The molecule has 0 aliphatic heterocycles. The summed E-state index contributed by atoms with van der Waals surface area (Å²) in [4.78, 5) is 10.5. The summed E-state index contributed by atoms with van der Waals surface area (Å²) in [7, 11) is 6.36. The van der Waals surface area contributed by atoms with Crippen LogP contribution in [0.1, 0.15) is 6.42 Å². The van der Waals surface area contributed by atoms with Crippen LogP contribution >= 0.6 is 0 Å². The smallest absolute Gasteiger partial charge is 0.189 e. The Morgan fingerprint density at radius 3 is 1.76 bits per heavy atom. The number of carbonyl (C=O) groups excluding carboxylic acids is 1. The number of hydrogen-bond acceptors (Lipinski definition) is 7. The van der Waals surface area contributed by atoms with Crippen molar-refractivity contribution in [1.29, 1.82) is 0 Å². The lowest BCUT2D eigenvalue weighted by molar-refractivity contribution is -0.870. The van der Waals surface area contributed by atoms with Crippen molar-refractivity contribution in [3.63, 3.8) is 0 Å². The van der Waals surface area contributed by atoms with E-state index < -0.39 is 37.3 Å². The molecule has 3 atom stereocenters. The summed E-state index contributed by atoms with van der Waals surface area (Å²) in [6.07, 6.45) is -4.31. The normalized spacial score (nSPS) is 15.1. The van der Waals surface area contributed by atoms with Crippen LogP contribution in [0, 0.1) is 0 Å². The molecule has 9 heteroatoms. The zero-order valence-corrected chi connectivity index (χ0v) is 13.4. The fourth-order valence-corrected chi connectivity index (χ4v) is 1.15. The van der Waals surface area contributed by atoms with Gasteiger partial charge in [0.15, 0.2) is 5.78 Å². The Kier molecular flexibility index (Phi) is 16.3. The molecule has 0 bridgehead atoms. The number of quaternary nitrogens is 1. The minimum atomic E-state index is -1.86. The molecule has 0 amide bonds. The minimum absolute atomic E-state index is 0. The fraction of sp³-hybridized carbons (Fsp3) is 0.917. The molecule has 0 spiro atoms. The third kappa shape index (κ3) is 14.4. The van der Waals surface area contributed by atoms with E-state index >= 15 is 0 Å². The van der Waals surface area contributed by atoms with Crippen molar-refractivity contribution >= 4 is 5.78 Å². The minimum Gasteiger partial charge on any atom is -1.00 e. The van der Waals surface area contributed by atoms with Crippen molar-refractivity contribution in [2.45, 2.75) is 24.7 Å². The van der Waals surface area contributed by atoms with E-state index in [1.807, 2.05) is 0 Å². The highest BCUT2D eigenvalue weighted by Gasteiger charge is 2.28. The third-order valence-corrected chi connectivity index (χ3v) is 2.38. The van der Waals surface area contributed by atoms with Crippen LogP contribution in [0.2, 0.25) is 0 Å². The van der Waals surface area contributed by atoms with Crippen molar-refractivity contribution in [2.24, 2.45) is 0 Å². The van der Waals surface area contributed by atoms with E-state index in [-0.39, 0.29) is 12.4 Å². The Hall–Kier alpha value is -0.320. The summed E-state index contributed by atoms with van der Waals surface area (Å²) in [5, 5.41) is 51.5. The average Bonchev–Trinajstić information content (AvgIpc) is 2.41. The van der Waals surface area contributed by atoms with E-state index in [0.29, 0.717) is 6.61 Å². The van der Waals surface area contributed by atoms with E-state index in [1.54, 1.807) is 0 Å². The first kappa shape index (κ1) is 25.6. The van der Waals surface area contributed by atoms with Crippen LogP contribution in [0.3, 0.4) is 0 Å². The van der Waals surface area contributed by atoms with Gasteiger partial charge in [0.2, 0.25) is 0 Å². The zero-order chi connectivity index (χ0) is 16.3. The molecule has 0 radical (unpaired) electrons. The molecular formula is C12H28ClNO7. The summed E-state index contributed by atoms with van der Waals surface area (Å²) in [5.74, 6) is -1.00. The van der Waals surface area contributed by atoms with Gasteiger partial charge in [-0.15, -0.1) is 0 Å². The van der Waals surface area contributed by atoms with Gasteiger partial charge in [-0.1, -0.05) is 0 Å². The maximum Gasteiger partial charge on any atom is 0.189 e. The van der Waals surface area contributed by atoms with Crippen LogP contribution in [0.15, 0.2) is 0 Å². The Morgan fingerprint density at radius 1 is 1.05 bits per heavy atom. The van der Waals surface area contributed by atoms with Crippen LogP contribution in [0.4, 0.5) is 0 Å². The molecule has 0 saturated heterocycles. The van der Waals surface area contributed by atoms with Gasteiger partial charge in [-0.3, -0.25) is 4.79 Å². The van der Waals surface area contributed by atoms with Crippen molar-refractivity contribution < 1.29 is 52.3 Å². The molecule has 0 fully saturated rings. The van der Waals surface area contributed by atoms with Gasteiger partial charge < -0.3 is 47.5 Å². The maximum atomic E-state index is 10.5. The van der Waals surface area contributed by atoms with E-state index in [9.17, 15) is 4.79 Å². The lowest BCUT2D eigenvalue weighted by atomic mass is 10.1. The lowest BCUT2D eigenvalue weighted by Gasteiger charge is -2.22. The lowest BCUT2D eigenvalue weighted by Crippen LogP contribution is -3.00. The molecule has 8 nitrogen and oxygen atoms in total. The van der Waals surface area contributed by atoms with Gasteiger partial charge in [-0.25, -0.2) is 0 Å². The summed E-state index contributed by atoms with van der Waals surface area (Å²) in [6, 6.07) is 0. The molecule has 21 heavy (non-hydrogen) atoms. The van der Waals surface area contributed by atoms with Gasteiger partial charge >= 0.3 is 0 Å². The number of aliphatic hydroxyl groups excluding tert-OH is 6. The van der Waals surface area contributed by atoms with E-state index in [0.717, 1.165) is 17.4 Å². The molecule has 0 unspecified atom stereocenters. The molecule has 0 aromatic rings. The van der Waals surface area contributed by atoms with Crippen molar-refractivity contribution in [3.8, 4) is 0 Å². The Bertz CT molecular complexity index is 260. The van der Waals surface area contributed by atoms with Gasteiger partial charge in [-0.2, -0.15) is 0 Å². The Balaban J connectivity index is -0.000000317. The highest BCUT2D eigenvalue weighted by molar-refractivity contribution is 5.84. The molecule has 0 rings (SSSR count). The predicted octanol–water partition coefficient (Wildman–Crippen LogP) is -6.30. The average molecular weight is 334 g/mol. The first-order valence-corrected chi connectivity index (χ1v) is 6.30. The molecule has 0 aliphatic rings. The number of halogens is 1. The summed E-state index contributed by atoms with van der Waals surface area (Å²) >= 11 is 0. The van der Waals surface area contributed by atoms with Crippen molar-refractivity contribution in [1.82, 2.24) is 0 Å². The maximum absolute atomic E-state index is 10.5. The Morgan fingerprint density at radius 2 is 1.52 bits per heavy atom. The number of rotatable bonds is 8. The number of aliphatic hydroxyl groups is 6. The fourth-order valence-electron chi connectivity index (χ4n) is 1.15. The standard InChI is InChI=1S/C6H16NO.C6H12O6.ClH/c1-7(2,3)5-4-6-8;7-1-3(9)5(11)6(12)4(10)2-8;/h8H,4-6H2,1-3H3;3,5-9,11-12H,1-2H2;1H/q+1;;/p-1/t;3-,5-,6-;/m.1./s1. The molecule has 0 aliphatic carbocycles. The van der Waals surface area contributed by atoms with Gasteiger partial charge in [0.25, 0.3) is 0 Å². The molecule has 0 saturated carbocycles. The predicted molar refractivity (Wildman–Crippen MR) is 71.8 cm³/mol. The number of nitrogens with zero attached hydrogens (tertiary/aromatic N) is 1. The van der Waals surface area contributed by atoms with Crippen LogP contribution in [-0.4, -0.2) is 107 Å². The van der Waals surface area contributed by atoms with Crippen molar-refractivity contribution in [2.75, 3.05) is 47.5 Å².